The Morgan fingerprint density at radius 2 is 2.19 bits per heavy atom. The maximum atomic E-state index is 12.4. The highest BCUT2D eigenvalue weighted by molar-refractivity contribution is 6.30. The number of ether oxygens (including phenoxy) is 1. The lowest BCUT2D eigenvalue weighted by molar-refractivity contribution is -0.0505. The Hall–Kier alpha value is -1.66. The van der Waals surface area contributed by atoms with Crippen molar-refractivity contribution in [3.63, 3.8) is 0 Å². The van der Waals surface area contributed by atoms with E-state index in [0.29, 0.717) is 28.8 Å². The molecule has 0 radical (unpaired) electrons. The molecule has 1 heterocycles. The highest BCUT2D eigenvalue weighted by Crippen LogP contribution is 2.25. The maximum absolute atomic E-state index is 12.4. The van der Waals surface area contributed by atoms with Crippen LogP contribution in [0.5, 0.6) is 5.75 Å². The van der Waals surface area contributed by atoms with Crippen molar-refractivity contribution < 1.29 is 17.9 Å². The van der Waals surface area contributed by atoms with E-state index in [2.05, 4.69) is 15.0 Å². The van der Waals surface area contributed by atoms with E-state index in [1.807, 2.05) is 6.92 Å². The molecule has 0 aliphatic rings. The third-order valence-electron chi connectivity index (χ3n) is 2.85. The standard InChI is InChI=1S/C14H15ClF2N2O2/c1-8-6-19-13(20-8)9(2)18-7-10-5-11(15)3-4-12(10)21-14(16)17/h3-6,9,14,18H,7H2,1-2H3. The summed E-state index contributed by atoms with van der Waals surface area (Å²) < 4.78 is 34.6. The third-order valence-corrected chi connectivity index (χ3v) is 3.08. The van der Waals surface area contributed by atoms with Gasteiger partial charge < -0.3 is 14.5 Å². The van der Waals surface area contributed by atoms with Crippen molar-refractivity contribution >= 4 is 11.6 Å². The van der Waals surface area contributed by atoms with Gasteiger partial charge >= 0.3 is 6.61 Å². The molecule has 21 heavy (non-hydrogen) atoms. The maximum Gasteiger partial charge on any atom is 0.387 e. The number of aromatic nitrogens is 1. The topological polar surface area (TPSA) is 47.3 Å². The zero-order valence-corrected chi connectivity index (χ0v) is 12.3. The van der Waals surface area contributed by atoms with E-state index in [-0.39, 0.29) is 11.8 Å². The molecule has 0 saturated heterocycles. The van der Waals surface area contributed by atoms with E-state index >= 15 is 0 Å². The number of oxazole rings is 1. The molecule has 7 heteroatoms. The fraction of sp³-hybridized carbons (Fsp3) is 0.357. The summed E-state index contributed by atoms with van der Waals surface area (Å²) in [6.45, 7) is 1.08. The monoisotopic (exact) mass is 316 g/mol. The molecule has 0 bridgehead atoms. The summed E-state index contributed by atoms with van der Waals surface area (Å²) in [4.78, 5) is 4.11. The largest absolute Gasteiger partial charge is 0.444 e. The number of halogens is 3. The van der Waals surface area contributed by atoms with Crippen molar-refractivity contribution in [2.45, 2.75) is 33.0 Å². The second-order valence-corrected chi connectivity index (χ2v) is 4.98. The van der Waals surface area contributed by atoms with E-state index in [9.17, 15) is 8.78 Å². The normalized spacial score (nSPS) is 12.7. The van der Waals surface area contributed by atoms with Crippen LogP contribution in [0.3, 0.4) is 0 Å². The van der Waals surface area contributed by atoms with Crippen LogP contribution in [-0.4, -0.2) is 11.6 Å². The van der Waals surface area contributed by atoms with E-state index in [1.165, 1.54) is 12.1 Å². The first-order valence-corrected chi connectivity index (χ1v) is 6.72. The number of alkyl halides is 2. The number of nitrogens with one attached hydrogen (secondary N) is 1. The molecule has 114 valence electrons. The minimum absolute atomic E-state index is 0.0951. The average Bonchev–Trinajstić information content (AvgIpc) is 2.85. The van der Waals surface area contributed by atoms with Crippen LogP contribution in [-0.2, 0) is 6.54 Å². The van der Waals surface area contributed by atoms with Gasteiger partial charge in [0.2, 0.25) is 5.89 Å². The molecule has 1 atom stereocenters. The van der Waals surface area contributed by atoms with Gasteiger partial charge in [-0.25, -0.2) is 4.98 Å². The number of nitrogens with zero attached hydrogens (tertiary/aromatic N) is 1. The summed E-state index contributed by atoms with van der Waals surface area (Å²) in [6.07, 6.45) is 1.62. The fourth-order valence-electron chi connectivity index (χ4n) is 1.82. The molecule has 1 unspecified atom stereocenters. The second-order valence-electron chi connectivity index (χ2n) is 4.54. The van der Waals surface area contributed by atoms with Crippen LogP contribution >= 0.6 is 11.6 Å². The summed E-state index contributed by atoms with van der Waals surface area (Å²) in [5.41, 5.74) is 0.540. The minimum Gasteiger partial charge on any atom is -0.444 e. The van der Waals surface area contributed by atoms with Gasteiger partial charge in [-0.2, -0.15) is 8.78 Å². The Balaban J connectivity index is 2.06. The molecule has 2 rings (SSSR count). The van der Waals surface area contributed by atoms with Crippen molar-refractivity contribution in [3.8, 4) is 5.75 Å². The molecular formula is C14H15ClF2N2O2. The number of hydrogen-bond acceptors (Lipinski definition) is 4. The molecular weight excluding hydrogens is 302 g/mol. The zero-order chi connectivity index (χ0) is 15.4. The number of hydrogen-bond donors (Lipinski definition) is 1. The smallest absolute Gasteiger partial charge is 0.387 e. The van der Waals surface area contributed by atoms with Gasteiger partial charge in [0.25, 0.3) is 0 Å². The van der Waals surface area contributed by atoms with Gasteiger partial charge in [-0.3, -0.25) is 0 Å². The van der Waals surface area contributed by atoms with Crippen LogP contribution in [0.15, 0.2) is 28.8 Å². The first kappa shape index (κ1) is 15.7. The van der Waals surface area contributed by atoms with E-state index in [1.54, 1.807) is 19.2 Å². The molecule has 2 aromatic rings. The van der Waals surface area contributed by atoms with Crippen molar-refractivity contribution in [1.29, 1.82) is 0 Å². The lowest BCUT2D eigenvalue weighted by atomic mass is 10.2. The van der Waals surface area contributed by atoms with Crippen LogP contribution in [0.25, 0.3) is 0 Å². The Morgan fingerprint density at radius 1 is 1.43 bits per heavy atom. The van der Waals surface area contributed by atoms with Crippen molar-refractivity contribution in [3.05, 3.63) is 46.6 Å². The summed E-state index contributed by atoms with van der Waals surface area (Å²) in [6, 6.07) is 4.34. The Kier molecular flexibility index (Phi) is 5.14. The second kappa shape index (κ2) is 6.87. The Bertz CT molecular complexity index is 604. The third kappa shape index (κ3) is 4.41. The minimum atomic E-state index is -2.88. The molecule has 0 fully saturated rings. The summed E-state index contributed by atoms with van der Waals surface area (Å²) >= 11 is 5.89. The van der Waals surface area contributed by atoms with E-state index in [0.717, 1.165) is 0 Å². The van der Waals surface area contributed by atoms with E-state index < -0.39 is 6.61 Å². The van der Waals surface area contributed by atoms with Crippen LogP contribution < -0.4 is 10.1 Å². The van der Waals surface area contributed by atoms with Crippen LogP contribution in [0.1, 0.15) is 30.2 Å². The number of aryl methyl sites for hydroxylation is 1. The quantitative estimate of drug-likeness (QED) is 0.872. The van der Waals surface area contributed by atoms with Gasteiger partial charge in [-0.05, 0) is 32.0 Å². The first-order chi connectivity index (χ1) is 9.95. The van der Waals surface area contributed by atoms with Crippen molar-refractivity contribution in [2.75, 3.05) is 0 Å². The molecule has 0 aliphatic carbocycles. The van der Waals surface area contributed by atoms with Gasteiger partial charge in [-0.15, -0.1) is 0 Å². The summed E-state index contributed by atoms with van der Waals surface area (Å²) in [5, 5.41) is 3.58. The number of rotatable bonds is 6. The van der Waals surface area contributed by atoms with Crippen molar-refractivity contribution in [1.82, 2.24) is 10.3 Å². The molecule has 0 aliphatic heterocycles. The highest BCUT2D eigenvalue weighted by atomic mass is 35.5. The van der Waals surface area contributed by atoms with Crippen molar-refractivity contribution in [2.24, 2.45) is 0 Å². The Labute approximate surface area is 126 Å². The summed E-state index contributed by atoms with van der Waals surface area (Å²) in [7, 11) is 0. The van der Waals surface area contributed by atoms with Gasteiger partial charge in [0.05, 0.1) is 12.2 Å². The van der Waals surface area contributed by atoms with Gasteiger partial charge in [0, 0.05) is 17.1 Å². The average molecular weight is 317 g/mol. The van der Waals surface area contributed by atoms with Crippen LogP contribution in [0.4, 0.5) is 8.78 Å². The molecule has 0 amide bonds. The fourth-order valence-corrected chi connectivity index (χ4v) is 2.01. The summed E-state index contributed by atoms with van der Waals surface area (Å²) in [5.74, 6) is 1.34. The van der Waals surface area contributed by atoms with Gasteiger partial charge in [0.15, 0.2) is 0 Å². The molecule has 0 saturated carbocycles. The van der Waals surface area contributed by atoms with Gasteiger partial charge in [0.1, 0.15) is 11.5 Å². The van der Waals surface area contributed by atoms with Crippen LogP contribution in [0.2, 0.25) is 5.02 Å². The zero-order valence-electron chi connectivity index (χ0n) is 11.6. The highest BCUT2D eigenvalue weighted by Gasteiger charge is 2.14. The predicted molar refractivity (Wildman–Crippen MR) is 74.6 cm³/mol. The van der Waals surface area contributed by atoms with E-state index in [4.69, 9.17) is 16.0 Å². The molecule has 1 aromatic carbocycles. The predicted octanol–water partition coefficient (Wildman–Crippen LogP) is 4.09. The molecule has 0 spiro atoms. The first-order valence-electron chi connectivity index (χ1n) is 6.34. The lowest BCUT2D eigenvalue weighted by Gasteiger charge is -2.14. The molecule has 1 N–H and O–H groups in total. The van der Waals surface area contributed by atoms with Crippen LogP contribution in [0, 0.1) is 6.92 Å². The number of benzene rings is 1. The lowest BCUT2D eigenvalue weighted by Crippen LogP contribution is -2.19. The van der Waals surface area contributed by atoms with Gasteiger partial charge in [-0.1, -0.05) is 11.6 Å². The molecule has 4 nitrogen and oxygen atoms in total. The SMILES string of the molecule is Cc1cnc(C(C)NCc2cc(Cl)ccc2OC(F)F)o1. The Morgan fingerprint density at radius 3 is 2.81 bits per heavy atom. The molecule has 1 aromatic heterocycles.